The highest BCUT2D eigenvalue weighted by molar-refractivity contribution is 7.16. The topological polar surface area (TPSA) is 43.6 Å². The molecular formula is C19H18N2O2S. The summed E-state index contributed by atoms with van der Waals surface area (Å²) >= 11 is 1.49. The van der Waals surface area contributed by atoms with Crippen LogP contribution in [0.25, 0.3) is 10.2 Å². The molecule has 24 heavy (non-hydrogen) atoms. The number of aromatic nitrogens is 1. The van der Waals surface area contributed by atoms with Gasteiger partial charge in [0.05, 0.1) is 10.2 Å². The van der Waals surface area contributed by atoms with Crippen LogP contribution >= 0.6 is 11.3 Å². The second-order valence-electron chi connectivity index (χ2n) is 5.36. The number of carbonyl (C=O) groups excluding carboxylic acids is 1. The van der Waals surface area contributed by atoms with Crippen LogP contribution in [0.2, 0.25) is 0 Å². The van der Waals surface area contributed by atoms with Gasteiger partial charge < -0.3 is 9.30 Å². The number of rotatable bonds is 5. The maximum Gasteiger partial charge on any atom is 0.286 e. The Labute approximate surface area is 144 Å². The molecule has 0 spiro atoms. The Balaban J connectivity index is 1.84. The van der Waals surface area contributed by atoms with Gasteiger partial charge in [-0.3, -0.25) is 4.79 Å². The number of ether oxygens (including phenoxy) is 1. The molecule has 3 aromatic rings. The van der Waals surface area contributed by atoms with E-state index in [1.54, 1.807) is 6.08 Å². The monoisotopic (exact) mass is 338 g/mol. The van der Waals surface area contributed by atoms with Gasteiger partial charge in [0.2, 0.25) is 0 Å². The van der Waals surface area contributed by atoms with E-state index in [0.29, 0.717) is 17.1 Å². The number of para-hydroxylation sites is 1. The number of fused-ring (bicyclic) bond motifs is 1. The lowest BCUT2D eigenvalue weighted by molar-refractivity contribution is -0.120. The minimum atomic E-state index is -0.305. The fourth-order valence-electron chi connectivity index (χ4n) is 2.40. The molecule has 3 rings (SSSR count). The Kier molecular flexibility index (Phi) is 4.91. The Hall–Kier alpha value is -2.66. The smallest absolute Gasteiger partial charge is 0.286 e. The lowest BCUT2D eigenvalue weighted by Crippen LogP contribution is -2.19. The van der Waals surface area contributed by atoms with E-state index >= 15 is 0 Å². The van der Waals surface area contributed by atoms with Crippen LogP contribution in [-0.4, -0.2) is 17.1 Å². The summed E-state index contributed by atoms with van der Waals surface area (Å²) in [5.74, 6) is 0.370. The average molecular weight is 338 g/mol. The van der Waals surface area contributed by atoms with Crippen molar-refractivity contribution in [3.8, 4) is 5.75 Å². The van der Waals surface area contributed by atoms with Crippen LogP contribution < -0.4 is 9.54 Å². The number of hydrogen-bond donors (Lipinski definition) is 0. The van der Waals surface area contributed by atoms with Crippen LogP contribution in [0.15, 0.2) is 66.2 Å². The van der Waals surface area contributed by atoms with Gasteiger partial charge in [-0.25, -0.2) is 0 Å². The highest BCUT2D eigenvalue weighted by atomic mass is 32.1. The summed E-state index contributed by atoms with van der Waals surface area (Å²) in [5, 5.41) is 0. The normalized spacial score (nSPS) is 11.6. The first-order valence-corrected chi connectivity index (χ1v) is 8.45. The van der Waals surface area contributed by atoms with Crippen LogP contribution in [-0.2, 0) is 11.3 Å². The van der Waals surface area contributed by atoms with Gasteiger partial charge in [-0.05, 0) is 36.8 Å². The lowest BCUT2D eigenvalue weighted by atomic mass is 10.2. The molecule has 4 nitrogen and oxygen atoms in total. The molecule has 0 aliphatic carbocycles. The van der Waals surface area contributed by atoms with Crippen molar-refractivity contribution in [2.75, 3.05) is 6.61 Å². The minimum Gasteiger partial charge on any atom is -0.484 e. The number of carbonyl (C=O) groups is 1. The molecular weight excluding hydrogens is 320 g/mol. The summed E-state index contributed by atoms with van der Waals surface area (Å²) in [5.41, 5.74) is 2.14. The average Bonchev–Trinajstić information content (AvgIpc) is 2.91. The standard InChI is InChI=1S/C19H18N2O2S/c1-3-11-21-16-9-4-5-10-17(16)24-19(21)20-18(22)13-23-15-8-6-7-14(2)12-15/h3-10,12H,1,11,13H2,2H3. The Morgan fingerprint density at radius 1 is 1.29 bits per heavy atom. The maximum absolute atomic E-state index is 12.2. The fraction of sp³-hybridized carbons (Fsp3) is 0.158. The van der Waals surface area contributed by atoms with E-state index in [9.17, 15) is 4.79 Å². The quantitative estimate of drug-likeness (QED) is 0.666. The third-order valence-electron chi connectivity index (χ3n) is 3.47. The molecule has 0 unspecified atom stereocenters. The molecule has 0 bridgehead atoms. The maximum atomic E-state index is 12.2. The van der Waals surface area contributed by atoms with E-state index in [-0.39, 0.29) is 12.5 Å². The zero-order valence-corrected chi connectivity index (χ0v) is 14.3. The predicted octanol–water partition coefficient (Wildman–Crippen LogP) is 3.70. The first-order valence-electron chi connectivity index (χ1n) is 7.63. The van der Waals surface area contributed by atoms with Gasteiger partial charge in [-0.1, -0.05) is 41.7 Å². The molecule has 5 heteroatoms. The van der Waals surface area contributed by atoms with Gasteiger partial charge in [0.25, 0.3) is 5.91 Å². The molecule has 122 valence electrons. The zero-order valence-electron chi connectivity index (χ0n) is 13.4. The largest absolute Gasteiger partial charge is 0.484 e. The zero-order chi connectivity index (χ0) is 16.9. The second-order valence-corrected chi connectivity index (χ2v) is 6.37. The van der Waals surface area contributed by atoms with Crippen molar-refractivity contribution in [3.63, 3.8) is 0 Å². The van der Waals surface area contributed by atoms with Crippen molar-refractivity contribution in [3.05, 3.63) is 71.6 Å². The Morgan fingerprint density at radius 3 is 2.92 bits per heavy atom. The molecule has 0 aliphatic rings. The Morgan fingerprint density at radius 2 is 2.12 bits per heavy atom. The van der Waals surface area contributed by atoms with E-state index < -0.39 is 0 Å². The molecule has 0 saturated carbocycles. The van der Waals surface area contributed by atoms with Crippen molar-refractivity contribution in [2.45, 2.75) is 13.5 Å². The molecule has 0 aliphatic heterocycles. The van der Waals surface area contributed by atoms with Gasteiger partial charge in [-0.15, -0.1) is 6.58 Å². The van der Waals surface area contributed by atoms with E-state index in [0.717, 1.165) is 15.8 Å². The summed E-state index contributed by atoms with van der Waals surface area (Å²) < 4.78 is 8.60. The van der Waals surface area contributed by atoms with Crippen molar-refractivity contribution in [1.29, 1.82) is 0 Å². The summed E-state index contributed by atoms with van der Waals surface area (Å²) in [6, 6.07) is 15.6. The SMILES string of the molecule is C=CCn1c(=NC(=O)COc2cccc(C)c2)sc2ccccc21. The lowest BCUT2D eigenvalue weighted by Gasteiger charge is -2.04. The van der Waals surface area contributed by atoms with Crippen LogP contribution in [0.1, 0.15) is 5.56 Å². The van der Waals surface area contributed by atoms with Gasteiger partial charge in [0.1, 0.15) is 5.75 Å². The van der Waals surface area contributed by atoms with Gasteiger partial charge in [0.15, 0.2) is 11.4 Å². The van der Waals surface area contributed by atoms with Crippen LogP contribution in [0.4, 0.5) is 0 Å². The highest BCUT2D eigenvalue weighted by Gasteiger charge is 2.07. The molecule has 0 saturated heterocycles. The minimum absolute atomic E-state index is 0.0776. The van der Waals surface area contributed by atoms with Crippen molar-refractivity contribution < 1.29 is 9.53 Å². The Bertz CT molecular complexity index is 953. The molecule has 2 aromatic carbocycles. The molecule has 0 radical (unpaired) electrons. The summed E-state index contributed by atoms with van der Waals surface area (Å²) in [7, 11) is 0. The van der Waals surface area contributed by atoms with Gasteiger partial charge >= 0.3 is 0 Å². The third kappa shape index (κ3) is 3.63. The number of hydrogen-bond acceptors (Lipinski definition) is 3. The second kappa shape index (κ2) is 7.27. The summed E-state index contributed by atoms with van der Waals surface area (Å²) in [4.78, 5) is 17.1. The molecule has 1 amide bonds. The van der Waals surface area contributed by atoms with Crippen LogP contribution in [0, 0.1) is 6.92 Å². The number of benzene rings is 2. The van der Waals surface area contributed by atoms with Crippen molar-refractivity contribution in [2.24, 2.45) is 4.99 Å². The highest BCUT2D eigenvalue weighted by Crippen LogP contribution is 2.16. The first-order chi connectivity index (χ1) is 11.7. The fourth-order valence-corrected chi connectivity index (χ4v) is 3.46. The van der Waals surface area contributed by atoms with E-state index in [1.807, 2.05) is 60.0 Å². The third-order valence-corrected chi connectivity index (χ3v) is 4.53. The molecule has 1 aromatic heterocycles. The van der Waals surface area contributed by atoms with E-state index in [4.69, 9.17) is 4.74 Å². The van der Waals surface area contributed by atoms with Crippen molar-refractivity contribution in [1.82, 2.24) is 4.57 Å². The molecule has 0 fully saturated rings. The number of nitrogens with zero attached hydrogens (tertiary/aromatic N) is 2. The van der Waals surface area contributed by atoms with E-state index in [1.165, 1.54) is 11.3 Å². The predicted molar refractivity (Wildman–Crippen MR) is 97.3 cm³/mol. The number of allylic oxidation sites excluding steroid dienone is 1. The van der Waals surface area contributed by atoms with Gasteiger partial charge in [-0.2, -0.15) is 4.99 Å². The molecule has 0 N–H and O–H groups in total. The van der Waals surface area contributed by atoms with Crippen molar-refractivity contribution >= 4 is 27.5 Å². The first kappa shape index (κ1) is 16.2. The summed E-state index contributed by atoms with van der Waals surface area (Å²) in [6.07, 6.45) is 1.80. The number of thiazole rings is 1. The molecule has 0 atom stereocenters. The van der Waals surface area contributed by atoms with E-state index in [2.05, 4.69) is 11.6 Å². The number of aryl methyl sites for hydroxylation is 1. The summed E-state index contributed by atoms with van der Waals surface area (Å²) in [6.45, 7) is 6.29. The van der Waals surface area contributed by atoms with Crippen LogP contribution in [0.5, 0.6) is 5.75 Å². The number of amides is 1. The van der Waals surface area contributed by atoms with Gasteiger partial charge in [0, 0.05) is 6.54 Å². The molecule has 1 heterocycles. The van der Waals surface area contributed by atoms with Crippen LogP contribution in [0.3, 0.4) is 0 Å².